The molecule has 4 rings (SSSR count). The van der Waals surface area contributed by atoms with Gasteiger partial charge in [-0.2, -0.15) is 0 Å². The maximum Gasteiger partial charge on any atom is 0.259 e. The number of aliphatic hydroxyl groups excluding tert-OH is 1. The largest absolute Gasteiger partial charge is 0.387 e. The minimum atomic E-state index is -0.664. The molecule has 29 heavy (non-hydrogen) atoms. The van der Waals surface area contributed by atoms with E-state index in [1.54, 1.807) is 6.92 Å². The topological polar surface area (TPSA) is 90.0 Å². The minimum Gasteiger partial charge on any atom is -0.387 e. The summed E-state index contributed by atoms with van der Waals surface area (Å²) in [6.45, 7) is 1.68. The van der Waals surface area contributed by atoms with Crippen molar-refractivity contribution in [2.45, 2.75) is 51.2 Å². The van der Waals surface area contributed by atoms with Crippen molar-refractivity contribution in [2.24, 2.45) is 0 Å². The highest BCUT2D eigenvalue weighted by Crippen LogP contribution is 2.32. The van der Waals surface area contributed by atoms with Crippen LogP contribution in [-0.2, 0) is 0 Å². The average molecular weight is 396 g/mol. The predicted octanol–water partition coefficient (Wildman–Crippen LogP) is 4.75. The number of aromatic nitrogens is 2. The van der Waals surface area contributed by atoms with Gasteiger partial charge in [-0.15, -0.1) is 0 Å². The van der Waals surface area contributed by atoms with E-state index >= 15 is 0 Å². The van der Waals surface area contributed by atoms with Gasteiger partial charge in [0.2, 0.25) is 0 Å². The van der Waals surface area contributed by atoms with E-state index in [4.69, 9.17) is 0 Å². The third-order valence-corrected chi connectivity index (χ3v) is 5.43. The number of carbonyl (C=O) groups is 1. The van der Waals surface area contributed by atoms with Gasteiger partial charge in [-0.25, -0.2) is 9.37 Å². The number of aromatic amines is 1. The molecule has 1 aromatic carbocycles. The number of halogens is 1. The van der Waals surface area contributed by atoms with E-state index in [-0.39, 0.29) is 17.8 Å². The molecule has 152 valence electrons. The van der Waals surface area contributed by atoms with Crippen LogP contribution in [0.15, 0.2) is 36.5 Å². The third kappa shape index (κ3) is 4.24. The third-order valence-electron chi connectivity index (χ3n) is 5.43. The van der Waals surface area contributed by atoms with Crippen molar-refractivity contribution in [2.75, 3.05) is 10.6 Å². The fraction of sp³-hybridized carbons (Fsp3) is 0.364. The SMILES string of the molecule is CC(O)c1cc2c(NC3CCCCC3)c(C(=O)Nc3ccc(F)cc3)cnc2[nH]1. The number of rotatable bonds is 5. The van der Waals surface area contributed by atoms with Crippen molar-refractivity contribution in [3.63, 3.8) is 0 Å². The maximum absolute atomic E-state index is 13.2. The first-order valence-corrected chi connectivity index (χ1v) is 10.0. The predicted molar refractivity (Wildman–Crippen MR) is 112 cm³/mol. The van der Waals surface area contributed by atoms with E-state index < -0.39 is 6.10 Å². The van der Waals surface area contributed by atoms with E-state index in [2.05, 4.69) is 20.6 Å². The number of nitrogens with one attached hydrogen (secondary N) is 3. The smallest absolute Gasteiger partial charge is 0.259 e. The summed E-state index contributed by atoms with van der Waals surface area (Å²) in [5, 5.41) is 17.1. The molecule has 3 aromatic rings. The number of hydrogen-bond donors (Lipinski definition) is 4. The molecule has 1 amide bonds. The second-order valence-corrected chi connectivity index (χ2v) is 7.65. The van der Waals surface area contributed by atoms with Crippen molar-refractivity contribution in [3.8, 4) is 0 Å². The summed E-state index contributed by atoms with van der Waals surface area (Å²) < 4.78 is 13.2. The molecular formula is C22H25FN4O2. The first-order chi connectivity index (χ1) is 14.0. The molecule has 0 bridgehead atoms. The van der Waals surface area contributed by atoms with Gasteiger partial charge in [0.05, 0.1) is 17.4 Å². The summed E-state index contributed by atoms with van der Waals surface area (Å²) in [5.74, 6) is -0.673. The Morgan fingerprint density at radius 1 is 1.24 bits per heavy atom. The van der Waals surface area contributed by atoms with Crippen LogP contribution in [0.25, 0.3) is 11.0 Å². The average Bonchev–Trinajstić information content (AvgIpc) is 3.16. The van der Waals surface area contributed by atoms with Gasteiger partial charge >= 0.3 is 0 Å². The van der Waals surface area contributed by atoms with Crippen LogP contribution in [-0.4, -0.2) is 27.0 Å². The number of H-pyrrole nitrogens is 1. The Bertz CT molecular complexity index is 1010. The lowest BCUT2D eigenvalue weighted by molar-refractivity contribution is 0.102. The zero-order valence-electron chi connectivity index (χ0n) is 16.3. The summed E-state index contributed by atoms with van der Waals surface area (Å²) >= 11 is 0. The number of pyridine rings is 1. The zero-order chi connectivity index (χ0) is 20.4. The van der Waals surface area contributed by atoms with E-state index in [1.165, 1.54) is 36.9 Å². The van der Waals surface area contributed by atoms with Crippen LogP contribution in [0.2, 0.25) is 0 Å². The number of nitrogens with zero attached hydrogens (tertiary/aromatic N) is 1. The van der Waals surface area contributed by atoms with Crippen LogP contribution < -0.4 is 10.6 Å². The van der Waals surface area contributed by atoms with Crippen LogP contribution in [0.4, 0.5) is 15.8 Å². The van der Waals surface area contributed by atoms with Crippen LogP contribution >= 0.6 is 0 Å². The Morgan fingerprint density at radius 3 is 2.66 bits per heavy atom. The fourth-order valence-corrected chi connectivity index (χ4v) is 3.83. The van der Waals surface area contributed by atoms with Gasteiger partial charge in [0, 0.05) is 29.0 Å². The fourth-order valence-electron chi connectivity index (χ4n) is 3.83. The lowest BCUT2D eigenvalue weighted by Gasteiger charge is -2.25. The van der Waals surface area contributed by atoms with E-state index in [0.717, 1.165) is 31.1 Å². The highest BCUT2D eigenvalue weighted by Gasteiger charge is 2.22. The maximum atomic E-state index is 13.2. The number of fused-ring (bicyclic) bond motifs is 1. The number of carbonyl (C=O) groups excluding carboxylic acids is 1. The molecule has 4 N–H and O–H groups in total. The summed E-state index contributed by atoms with van der Waals surface area (Å²) in [4.78, 5) is 20.5. The standard InChI is InChI=1S/C22H25FN4O2/c1-13(28)19-11-17-20(25-15-5-3-2-4-6-15)18(12-24-21(17)27-19)22(29)26-16-9-7-14(23)8-10-16/h7-13,15,28H,2-6H2,1H3,(H,26,29)(H2,24,25,27). The van der Waals surface area contributed by atoms with Gasteiger partial charge in [0.15, 0.2) is 0 Å². The van der Waals surface area contributed by atoms with Gasteiger partial charge in [0.1, 0.15) is 11.5 Å². The molecule has 0 radical (unpaired) electrons. The monoisotopic (exact) mass is 396 g/mol. The molecule has 0 spiro atoms. The number of hydrogen-bond acceptors (Lipinski definition) is 4. The van der Waals surface area contributed by atoms with Crippen molar-refractivity contribution in [3.05, 3.63) is 53.6 Å². The van der Waals surface area contributed by atoms with Gasteiger partial charge in [0.25, 0.3) is 5.91 Å². The normalized spacial score (nSPS) is 16.0. The van der Waals surface area contributed by atoms with Crippen LogP contribution in [0.1, 0.15) is 61.2 Å². The molecule has 2 heterocycles. The summed E-state index contributed by atoms with van der Waals surface area (Å²) in [6.07, 6.45) is 6.53. The number of anilines is 2. The van der Waals surface area contributed by atoms with Crippen molar-refractivity contribution < 1.29 is 14.3 Å². The number of benzene rings is 1. The second-order valence-electron chi connectivity index (χ2n) is 7.65. The lowest BCUT2D eigenvalue weighted by atomic mass is 9.95. The van der Waals surface area contributed by atoms with Crippen LogP contribution in [0, 0.1) is 5.82 Å². The Labute approximate surface area is 168 Å². The van der Waals surface area contributed by atoms with Crippen molar-refractivity contribution in [1.29, 1.82) is 0 Å². The Morgan fingerprint density at radius 2 is 1.97 bits per heavy atom. The van der Waals surface area contributed by atoms with Crippen molar-refractivity contribution in [1.82, 2.24) is 9.97 Å². The van der Waals surface area contributed by atoms with Gasteiger partial charge in [-0.3, -0.25) is 4.79 Å². The summed E-state index contributed by atoms with van der Waals surface area (Å²) in [5.41, 5.74) is 2.92. The number of aliphatic hydroxyl groups is 1. The van der Waals surface area contributed by atoms with Gasteiger partial charge < -0.3 is 20.7 Å². The van der Waals surface area contributed by atoms with E-state index in [9.17, 15) is 14.3 Å². The molecule has 0 aliphatic heterocycles. The Hall–Kier alpha value is -2.93. The second kappa shape index (κ2) is 8.21. The highest BCUT2D eigenvalue weighted by atomic mass is 19.1. The lowest BCUT2D eigenvalue weighted by Crippen LogP contribution is -2.24. The Balaban J connectivity index is 1.71. The molecule has 1 fully saturated rings. The quantitative estimate of drug-likeness (QED) is 0.501. The van der Waals surface area contributed by atoms with Gasteiger partial charge in [-0.05, 0) is 50.1 Å². The molecule has 1 aliphatic carbocycles. The van der Waals surface area contributed by atoms with Crippen molar-refractivity contribution >= 4 is 28.3 Å². The minimum absolute atomic E-state index is 0.289. The summed E-state index contributed by atoms with van der Waals surface area (Å²) in [7, 11) is 0. The molecule has 1 unspecified atom stereocenters. The zero-order valence-corrected chi connectivity index (χ0v) is 16.3. The van der Waals surface area contributed by atoms with Crippen LogP contribution in [0.3, 0.4) is 0 Å². The molecule has 1 aliphatic rings. The van der Waals surface area contributed by atoms with E-state index in [1.807, 2.05) is 6.07 Å². The van der Waals surface area contributed by atoms with Crippen LogP contribution in [0.5, 0.6) is 0 Å². The summed E-state index contributed by atoms with van der Waals surface area (Å²) in [6, 6.07) is 7.78. The first kappa shape index (κ1) is 19.4. The van der Waals surface area contributed by atoms with E-state index in [0.29, 0.717) is 28.3 Å². The molecule has 7 heteroatoms. The molecule has 2 aromatic heterocycles. The van der Waals surface area contributed by atoms with Gasteiger partial charge in [-0.1, -0.05) is 19.3 Å². The highest BCUT2D eigenvalue weighted by molar-refractivity contribution is 6.12. The number of amides is 1. The Kier molecular flexibility index (Phi) is 5.49. The molecule has 6 nitrogen and oxygen atoms in total. The molecule has 0 saturated heterocycles. The molecule has 1 saturated carbocycles. The molecular weight excluding hydrogens is 371 g/mol. The molecule has 1 atom stereocenters. The first-order valence-electron chi connectivity index (χ1n) is 10.0.